The molecule has 0 atom stereocenters. The van der Waals surface area contributed by atoms with Crippen molar-refractivity contribution in [1.29, 1.82) is 0 Å². The fraction of sp³-hybridized carbons (Fsp3) is 0.0588. The first-order chi connectivity index (χ1) is 11.6. The number of rotatable bonds is 4. The third-order valence-corrected chi connectivity index (χ3v) is 3.69. The number of nitrogens with one attached hydrogen (secondary N) is 2. The van der Waals surface area contributed by atoms with Crippen LogP contribution in [0.3, 0.4) is 0 Å². The Morgan fingerprint density at radius 2 is 2.04 bits per heavy atom. The second-order valence-corrected chi connectivity index (χ2v) is 5.46. The van der Waals surface area contributed by atoms with E-state index in [9.17, 15) is 4.79 Å². The highest BCUT2D eigenvalue weighted by atomic mass is 35.5. The molecule has 2 aromatic carbocycles. The number of hydrogen-bond donors (Lipinski definition) is 3. The molecule has 1 amide bonds. The maximum Gasteiger partial charge on any atom is 0.278 e. The van der Waals surface area contributed by atoms with Crippen LogP contribution in [0.4, 0.5) is 11.5 Å². The molecule has 0 saturated heterocycles. The number of anilines is 2. The van der Waals surface area contributed by atoms with Crippen LogP contribution in [0, 0.1) is 0 Å². The highest BCUT2D eigenvalue weighted by molar-refractivity contribution is 6.30. The Morgan fingerprint density at radius 3 is 2.75 bits per heavy atom. The molecule has 0 fully saturated rings. The van der Waals surface area contributed by atoms with Crippen molar-refractivity contribution in [3.05, 3.63) is 59.1 Å². The number of benzene rings is 2. The molecule has 24 heavy (non-hydrogen) atoms. The Balaban J connectivity index is 2.12. The summed E-state index contributed by atoms with van der Waals surface area (Å²) in [4.78, 5) is 16.4. The molecule has 3 rings (SSSR count). The first-order valence-electron chi connectivity index (χ1n) is 7.06. The largest absolute Gasteiger partial charge is 0.497 e. The van der Waals surface area contributed by atoms with Crippen molar-refractivity contribution in [2.45, 2.75) is 0 Å². The molecule has 1 heterocycles. The van der Waals surface area contributed by atoms with Crippen molar-refractivity contribution >= 4 is 39.9 Å². The SMILES string of the molecule is COc1ccc2cc(C(=O)NO)c(Nc3cccc(Cl)c3)nc2c1. The summed E-state index contributed by atoms with van der Waals surface area (Å²) in [5, 5.41) is 13.3. The number of ether oxygens (including phenoxy) is 1. The summed E-state index contributed by atoms with van der Waals surface area (Å²) in [7, 11) is 1.57. The van der Waals surface area contributed by atoms with Gasteiger partial charge >= 0.3 is 0 Å². The maximum atomic E-state index is 12.0. The van der Waals surface area contributed by atoms with Crippen molar-refractivity contribution in [1.82, 2.24) is 10.5 Å². The van der Waals surface area contributed by atoms with Gasteiger partial charge in [-0.2, -0.15) is 0 Å². The highest BCUT2D eigenvalue weighted by Gasteiger charge is 2.15. The van der Waals surface area contributed by atoms with E-state index in [1.165, 1.54) is 0 Å². The van der Waals surface area contributed by atoms with Crippen LogP contribution in [-0.4, -0.2) is 23.2 Å². The topological polar surface area (TPSA) is 83.5 Å². The molecule has 122 valence electrons. The van der Waals surface area contributed by atoms with Gasteiger partial charge in [-0.1, -0.05) is 17.7 Å². The minimum Gasteiger partial charge on any atom is -0.497 e. The van der Waals surface area contributed by atoms with Crippen molar-refractivity contribution in [3.63, 3.8) is 0 Å². The van der Waals surface area contributed by atoms with Gasteiger partial charge in [0.15, 0.2) is 0 Å². The van der Waals surface area contributed by atoms with E-state index < -0.39 is 5.91 Å². The fourth-order valence-corrected chi connectivity index (χ4v) is 2.50. The first-order valence-corrected chi connectivity index (χ1v) is 7.44. The lowest BCUT2D eigenvalue weighted by atomic mass is 10.1. The van der Waals surface area contributed by atoms with E-state index in [-0.39, 0.29) is 5.56 Å². The molecule has 7 heteroatoms. The quantitative estimate of drug-likeness (QED) is 0.496. The second kappa shape index (κ2) is 6.74. The van der Waals surface area contributed by atoms with Gasteiger partial charge in [0, 0.05) is 22.2 Å². The van der Waals surface area contributed by atoms with Gasteiger partial charge in [0.05, 0.1) is 18.2 Å². The Morgan fingerprint density at radius 1 is 1.21 bits per heavy atom. The number of methoxy groups -OCH3 is 1. The number of halogens is 1. The number of hydrogen-bond acceptors (Lipinski definition) is 5. The average molecular weight is 344 g/mol. The summed E-state index contributed by atoms with van der Waals surface area (Å²) >= 11 is 5.98. The normalized spacial score (nSPS) is 10.5. The zero-order valence-corrected chi connectivity index (χ0v) is 13.5. The van der Waals surface area contributed by atoms with Crippen molar-refractivity contribution < 1.29 is 14.7 Å². The van der Waals surface area contributed by atoms with Gasteiger partial charge in [0.1, 0.15) is 11.6 Å². The maximum absolute atomic E-state index is 12.0. The lowest BCUT2D eigenvalue weighted by molar-refractivity contribution is 0.0707. The first kappa shape index (κ1) is 16.0. The van der Waals surface area contributed by atoms with E-state index in [2.05, 4.69) is 10.3 Å². The lowest BCUT2D eigenvalue weighted by Gasteiger charge is -2.12. The van der Waals surface area contributed by atoms with Crippen molar-refractivity contribution in [2.24, 2.45) is 0 Å². The van der Waals surface area contributed by atoms with Gasteiger partial charge in [-0.15, -0.1) is 0 Å². The van der Waals surface area contributed by atoms with Crippen LogP contribution < -0.4 is 15.5 Å². The number of nitrogens with zero attached hydrogens (tertiary/aromatic N) is 1. The number of carbonyl (C=O) groups is 1. The van der Waals surface area contributed by atoms with Crippen LogP contribution in [0.1, 0.15) is 10.4 Å². The predicted octanol–water partition coefficient (Wildman–Crippen LogP) is 3.76. The number of aromatic nitrogens is 1. The standard InChI is InChI=1S/C17H14ClN3O3/c1-24-13-6-5-10-7-14(17(22)21-23)16(20-15(10)9-13)19-12-4-2-3-11(18)8-12/h2-9,23H,1H3,(H,19,20)(H,21,22). The molecule has 0 radical (unpaired) electrons. The molecule has 1 aromatic heterocycles. The number of hydroxylamine groups is 1. The zero-order chi connectivity index (χ0) is 17.1. The molecule has 0 unspecified atom stereocenters. The second-order valence-electron chi connectivity index (χ2n) is 5.02. The third kappa shape index (κ3) is 3.24. The van der Waals surface area contributed by atoms with Crippen LogP contribution in [-0.2, 0) is 0 Å². The Labute approximate surface area is 143 Å². The third-order valence-electron chi connectivity index (χ3n) is 3.46. The number of carbonyl (C=O) groups excluding carboxylic acids is 1. The van der Waals surface area contributed by atoms with Crippen LogP contribution in [0.2, 0.25) is 5.02 Å². The van der Waals surface area contributed by atoms with E-state index >= 15 is 0 Å². The molecule has 0 bridgehead atoms. The summed E-state index contributed by atoms with van der Waals surface area (Å²) in [6.45, 7) is 0. The summed E-state index contributed by atoms with van der Waals surface area (Å²) in [5.41, 5.74) is 3.16. The van der Waals surface area contributed by atoms with Gasteiger partial charge in [0.25, 0.3) is 5.91 Å². The van der Waals surface area contributed by atoms with Gasteiger partial charge in [-0.3, -0.25) is 10.0 Å². The fourth-order valence-electron chi connectivity index (χ4n) is 2.31. The molecule has 0 spiro atoms. The average Bonchev–Trinajstić information content (AvgIpc) is 2.60. The lowest BCUT2D eigenvalue weighted by Crippen LogP contribution is -2.20. The number of fused-ring (bicyclic) bond motifs is 1. The van der Waals surface area contributed by atoms with Crippen LogP contribution in [0.5, 0.6) is 5.75 Å². The van der Waals surface area contributed by atoms with E-state index in [0.29, 0.717) is 27.8 Å². The van der Waals surface area contributed by atoms with E-state index in [4.69, 9.17) is 21.5 Å². The minimum absolute atomic E-state index is 0.204. The van der Waals surface area contributed by atoms with Gasteiger partial charge in [0.2, 0.25) is 0 Å². The Kier molecular flexibility index (Phi) is 4.50. The molecule has 0 saturated carbocycles. The van der Waals surface area contributed by atoms with Gasteiger partial charge < -0.3 is 10.1 Å². The molecule has 6 nitrogen and oxygen atoms in total. The Hall–Kier alpha value is -2.83. The molecule has 0 aliphatic carbocycles. The molecular formula is C17H14ClN3O3. The summed E-state index contributed by atoms with van der Waals surface area (Å²) < 4.78 is 5.20. The molecule has 3 N–H and O–H groups in total. The van der Waals surface area contributed by atoms with E-state index in [1.54, 1.807) is 61.1 Å². The summed E-state index contributed by atoms with van der Waals surface area (Å²) in [6.07, 6.45) is 0. The number of pyridine rings is 1. The zero-order valence-electron chi connectivity index (χ0n) is 12.7. The Bertz CT molecular complexity index is 915. The molecular weight excluding hydrogens is 330 g/mol. The van der Waals surface area contributed by atoms with E-state index in [1.807, 2.05) is 0 Å². The predicted molar refractivity (Wildman–Crippen MR) is 92.3 cm³/mol. The molecule has 3 aromatic rings. The van der Waals surface area contributed by atoms with Gasteiger partial charge in [-0.25, -0.2) is 10.5 Å². The smallest absolute Gasteiger partial charge is 0.278 e. The summed E-state index contributed by atoms with van der Waals surface area (Å²) in [5.74, 6) is 0.289. The van der Waals surface area contributed by atoms with Gasteiger partial charge in [-0.05, 0) is 36.4 Å². The molecule has 0 aliphatic heterocycles. The monoisotopic (exact) mass is 343 g/mol. The van der Waals surface area contributed by atoms with E-state index in [0.717, 1.165) is 5.39 Å². The highest BCUT2D eigenvalue weighted by Crippen LogP contribution is 2.27. The minimum atomic E-state index is -0.662. The summed E-state index contributed by atoms with van der Waals surface area (Å²) in [6, 6.07) is 14.0. The van der Waals surface area contributed by atoms with Crippen molar-refractivity contribution in [2.75, 3.05) is 12.4 Å². The van der Waals surface area contributed by atoms with Crippen molar-refractivity contribution in [3.8, 4) is 5.75 Å². The number of amides is 1. The van der Waals surface area contributed by atoms with Crippen LogP contribution in [0.25, 0.3) is 10.9 Å². The van der Waals surface area contributed by atoms with Crippen LogP contribution >= 0.6 is 11.6 Å². The molecule has 0 aliphatic rings. The van der Waals surface area contributed by atoms with Crippen LogP contribution in [0.15, 0.2) is 48.5 Å².